The smallest absolute Gasteiger partial charge is 0.121 e. The molecule has 11 heavy (non-hydrogen) atoms. The molecular weight excluding hydrogens is 138 g/mol. The monoisotopic (exact) mass is 153 g/mol. The van der Waals surface area contributed by atoms with Crippen molar-refractivity contribution in [3.05, 3.63) is 11.8 Å². The van der Waals surface area contributed by atoms with Gasteiger partial charge < -0.3 is 5.73 Å². The molecule has 0 saturated carbocycles. The van der Waals surface area contributed by atoms with Crippen molar-refractivity contribution in [1.29, 1.82) is 0 Å². The van der Waals surface area contributed by atoms with Gasteiger partial charge in [0, 0.05) is 13.1 Å². The minimum absolute atomic E-state index is 0.746. The molecule has 0 bridgehead atoms. The summed E-state index contributed by atoms with van der Waals surface area (Å²) >= 11 is 0. The third-order valence-corrected chi connectivity index (χ3v) is 1.75. The van der Waals surface area contributed by atoms with Gasteiger partial charge in [0.1, 0.15) is 5.82 Å². The van der Waals surface area contributed by atoms with Crippen LogP contribution in [0.25, 0.3) is 0 Å². The van der Waals surface area contributed by atoms with Gasteiger partial charge >= 0.3 is 0 Å². The minimum Gasteiger partial charge on any atom is -0.384 e. The van der Waals surface area contributed by atoms with Gasteiger partial charge in [-0.3, -0.25) is 4.68 Å². The van der Waals surface area contributed by atoms with E-state index in [1.54, 1.807) is 4.68 Å². The number of anilines is 1. The van der Waals surface area contributed by atoms with Gasteiger partial charge in [-0.25, -0.2) is 0 Å². The van der Waals surface area contributed by atoms with Crippen LogP contribution >= 0.6 is 0 Å². The van der Waals surface area contributed by atoms with Crippen LogP contribution in [0.2, 0.25) is 0 Å². The molecule has 0 fully saturated rings. The van der Waals surface area contributed by atoms with Crippen LogP contribution < -0.4 is 5.73 Å². The molecule has 1 rings (SSSR count). The van der Waals surface area contributed by atoms with E-state index in [2.05, 4.69) is 12.0 Å². The van der Waals surface area contributed by atoms with Gasteiger partial charge in [0.15, 0.2) is 0 Å². The molecular formula is C8H15N3. The SMILES string of the molecule is CCCCc1cc(N)n(C)n1. The van der Waals surface area contributed by atoms with Gasteiger partial charge in [0.25, 0.3) is 0 Å². The molecule has 3 nitrogen and oxygen atoms in total. The number of hydrogen-bond donors (Lipinski definition) is 1. The van der Waals surface area contributed by atoms with Crippen molar-refractivity contribution < 1.29 is 0 Å². The first-order valence-electron chi connectivity index (χ1n) is 4.02. The maximum atomic E-state index is 5.61. The molecule has 1 aromatic rings. The zero-order valence-corrected chi connectivity index (χ0v) is 7.17. The van der Waals surface area contributed by atoms with Crippen molar-refractivity contribution in [2.24, 2.45) is 7.05 Å². The molecule has 0 unspecified atom stereocenters. The lowest BCUT2D eigenvalue weighted by Crippen LogP contribution is -1.97. The molecule has 0 saturated heterocycles. The second-order valence-electron chi connectivity index (χ2n) is 2.79. The Labute approximate surface area is 67.2 Å². The van der Waals surface area contributed by atoms with Crippen LogP contribution in [0, 0.1) is 0 Å². The van der Waals surface area contributed by atoms with Crippen molar-refractivity contribution in [2.75, 3.05) is 5.73 Å². The van der Waals surface area contributed by atoms with Gasteiger partial charge in [0.05, 0.1) is 5.69 Å². The van der Waals surface area contributed by atoms with Crippen LogP contribution in [-0.4, -0.2) is 9.78 Å². The van der Waals surface area contributed by atoms with Crippen molar-refractivity contribution >= 4 is 5.82 Å². The fourth-order valence-corrected chi connectivity index (χ4v) is 1.02. The number of nitrogens with zero attached hydrogens (tertiary/aromatic N) is 2. The van der Waals surface area contributed by atoms with Crippen molar-refractivity contribution in [2.45, 2.75) is 26.2 Å². The predicted molar refractivity (Wildman–Crippen MR) is 46.2 cm³/mol. The Morgan fingerprint density at radius 3 is 2.82 bits per heavy atom. The Kier molecular flexibility index (Phi) is 2.52. The van der Waals surface area contributed by atoms with E-state index in [1.807, 2.05) is 13.1 Å². The van der Waals surface area contributed by atoms with E-state index in [0.29, 0.717) is 0 Å². The van der Waals surface area contributed by atoms with E-state index in [4.69, 9.17) is 5.73 Å². The molecule has 0 aromatic carbocycles. The first-order valence-corrected chi connectivity index (χ1v) is 4.02. The lowest BCUT2D eigenvalue weighted by atomic mass is 10.2. The molecule has 0 radical (unpaired) electrons. The molecule has 0 atom stereocenters. The summed E-state index contributed by atoms with van der Waals surface area (Å²) in [5, 5.41) is 4.24. The lowest BCUT2D eigenvalue weighted by molar-refractivity contribution is 0.718. The van der Waals surface area contributed by atoms with Gasteiger partial charge in [-0.05, 0) is 12.8 Å². The van der Waals surface area contributed by atoms with E-state index in [1.165, 1.54) is 12.8 Å². The number of nitrogens with two attached hydrogens (primary N) is 1. The van der Waals surface area contributed by atoms with Crippen LogP contribution in [0.4, 0.5) is 5.82 Å². The average molecular weight is 153 g/mol. The molecule has 0 aliphatic heterocycles. The first kappa shape index (κ1) is 8.11. The number of aryl methyl sites for hydroxylation is 2. The van der Waals surface area contributed by atoms with Crippen molar-refractivity contribution in [1.82, 2.24) is 9.78 Å². The van der Waals surface area contributed by atoms with Gasteiger partial charge in [-0.1, -0.05) is 13.3 Å². The summed E-state index contributed by atoms with van der Waals surface area (Å²) in [4.78, 5) is 0. The van der Waals surface area contributed by atoms with Crippen LogP contribution in [-0.2, 0) is 13.5 Å². The number of hydrogen-bond acceptors (Lipinski definition) is 2. The number of rotatable bonds is 3. The lowest BCUT2D eigenvalue weighted by Gasteiger charge is -1.91. The molecule has 62 valence electrons. The highest BCUT2D eigenvalue weighted by Crippen LogP contribution is 2.07. The Morgan fingerprint density at radius 2 is 2.36 bits per heavy atom. The molecule has 0 aliphatic carbocycles. The van der Waals surface area contributed by atoms with Crippen molar-refractivity contribution in [3.8, 4) is 0 Å². The zero-order chi connectivity index (χ0) is 8.27. The summed E-state index contributed by atoms with van der Waals surface area (Å²) in [5.41, 5.74) is 6.72. The summed E-state index contributed by atoms with van der Waals surface area (Å²) in [6.07, 6.45) is 3.44. The average Bonchev–Trinajstić information content (AvgIpc) is 2.28. The van der Waals surface area contributed by atoms with E-state index in [0.717, 1.165) is 17.9 Å². The maximum Gasteiger partial charge on any atom is 0.121 e. The van der Waals surface area contributed by atoms with E-state index >= 15 is 0 Å². The zero-order valence-electron chi connectivity index (χ0n) is 7.17. The minimum atomic E-state index is 0.746. The fourth-order valence-electron chi connectivity index (χ4n) is 1.02. The Bertz CT molecular complexity index is 208. The highest BCUT2D eigenvalue weighted by Gasteiger charge is 1.99. The molecule has 1 heterocycles. The first-order chi connectivity index (χ1) is 5.24. The van der Waals surface area contributed by atoms with Gasteiger partial charge in [0.2, 0.25) is 0 Å². The van der Waals surface area contributed by atoms with Crippen LogP contribution in [0.1, 0.15) is 25.5 Å². The molecule has 0 aliphatic rings. The topological polar surface area (TPSA) is 43.8 Å². The second kappa shape index (κ2) is 3.42. The number of nitrogen functional groups attached to an aromatic ring is 1. The highest BCUT2D eigenvalue weighted by atomic mass is 15.3. The van der Waals surface area contributed by atoms with E-state index in [-0.39, 0.29) is 0 Å². The summed E-state index contributed by atoms with van der Waals surface area (Å²) in [6.45, 7) is 2.17. The highest BCUT2D eigenvalue weighted by molar-refractivity contribution is 5.30. The van der Waals surface area contributed by atoms with Crippen LogP contribution in [0.5, 0.6) is 0 Å². The summed E-state index contributed by atoms with van der Waals surface area (Å²) in [7, 11) is 1.87. The Morgan fingerprint density at radius 1 is 1.64 bits per heavy atom. The van der Waals surface area contributed by atoms with Crippen LogP contribution in [0.3, 0.4) is 0 Å². The van der Waals surface area contributed by atoms with Crippen molar-refractivity contribution in [3.63, 3.8) is 0 Å². The predicted octanol–water partition coefficient (Wildman–Crippen LogP) is 1.34. The van der Waals surface area contributed by atoms with E-state index in [9.17, 15) is 0 Å². The summed E-state index contributed by atoms with van der Waals surface area (Å²) in [6, 6.07) is 1.94. The Balaban J connectivity index is 2.58. The quantitative estimate of drug-likeness (QED) is 0.712. The number of aromatic nitrogens is 2. The molecule has 0 spiro atoms. The fraction of sp³-hybridized carbons (Fsp3) is 0.625. The van der Waals surface area contributed by atoms with Gasteiger partial charge in [-0.2, -0.15) is 5.10 Å². The standard InChI is InChI=1S/C8H15N3/c1-3-4-5-7-6-8(9)11(2)10-7/h6H,3-5,9H2,1-2H3. The summed E-state index contributed by atoms with van der Waals surface area (Å²) < 4.78 is 1.71. The molecule has 1 aromatic heterocycles. The second-order valence-corrected chi connectivity index (χ2v) is 2.79. The molecule has 2 N–H and O–H groups in total. The van der Waals surface area contributed by atoms with E-state index < -0.39 is 0 Å². The normalized spacial score (nSPS) is 10.4. The molecule has 3 heteroatoms. The molecule has 0 amide bonds. The van der Waals surface area contributed by atoms with Crippen LogP contribution in [0.15, 0.2) is 6.07 Å². The Hall–Kier alpha value is -0.990. The number of unbranched alkanes of at least 4 members (excludes halogenated alkanes) is 1. The largest absolute Gasteiger partial charge is 0.384 e. The third kappa shape index (κ3) is 1.97. The maximum absolute atomic E-state index is 5.61. The van der Waals surface area contributed by atoms with Gasteiger partial charge in [-0.15, -0.1) is 0 Å². The third-order valence-electron chi connectivity index (χ3n) is 1.75. The summed E-state index contributed by atoms with van der Waals surface area (Å²) in [5.74, 6) is 0.746.